The highest BCUT2D eigenvalue weighted by Gasteiger charge is 2.27. The summed E-state index contributed by atoms with van der Waals surface area (Å²) in [6, 6.07) is 10.9. The monoisotopic (exact) mass is 470 g/mol. The van der Waals surface area contributed by atoms with E-state index in [1.807, 2.05) is 58.9 Å². The van der Waals surface area contributed by atoms with Crippen LogP contribution in [0, 0.1) is 26.6 Å². The molecule has 2 N–H and O–H groups in total. The van der Waals surface area contributed by atoms with Gasteiger partial charge in [0, 0.05) is 29.6 Å². The highest BCUT2D eigenvalue weighted by Crippen LogP contribution is 2.33. The maximum absolute atomic E-state index is 15.3. The van der Waals surface area contributed by atoms with E-state index in [1.54, 1.807) is 16.9 Å². The molecule has 0 fully saturated rings. The third-order valence-electron chi connectivity index (χ3n) is 6.42. The van der Waals surface area contributed by atoms with Crippen molar-refractivity contribution in [2.45, 2.75) is 47.2 Å². The number of fused-ring (bicyclic) bond motifs is 1. The molecule has 2 aromatic heterocycles. The molecule has 1 aliphatic heterocycles. The SMILES string of the molecule is CCn1nc(-c2cc(C)c(-c3ccc(C)cn3)cc2F)nc1Nc1cc2c(cc1C)C(=O)NC2C. The molecule has 3 heterocycles. The number of carbonyl (C=O) groups is 1. The predicted molar refractivity (Wildman–Crippen MR) is 134 cm³/mol. The Bertz CT molecular complexity index is 1460. The Morgan fingerprint density at radius 1 is 1.06 bits per heavy atom. The second kappa shape index (κ2) is 8.61. The first kappa shape index (κ1) is 22.7. The minimum atomic E-state index is -0.403. The number of anilines is 2. The van der Waals surface area contributed by atoms with Crippen molar-refractivity contribution in [3.05, 3.63) is 76.2 Å². The quantitative estimate of drug-likeness (QED) is 0.394. The molecule has 0 saturated heterocycles. The van der Waals surface area contributed by atoms with Crippen LogP contribution in [0.5, 0.6) is 0 Å². The molecule has 5 rings (SSSR count). The molecule has 8 heteroatoms. The van der Waals surface area contributed by atoms with Crippen LogP contribution in [0.25, 0.3) is 22.6 Å². The fraction of sp³-hybridized carbons (Fsp3) is 0.259. The third-order valence-corrected chi connectivity index (χ3v) is 6.42. The number of benzene rings is 2. The van der Waals surface area contributed by atoms with E-state index in [9.17, 15) is 4.79 Å². The predicted octanol–water partition coefficient (Wildman–Crippen LogP) is 5.64. The van der Waals surface area contributed by atoms with Crippen LogP contribution >= 0.6 is 0 Å². The third kappa shape index (κ3) is 4.05. The molecule has 178 valence electrons. The van der Waals surface area contributed by atoms with Gasteiger partial charge in [0.2, 0.25) is 5.95 Å². The first-order valence-corrected chi connectivity index (χ1v) is 11.7. The van der Waals surface area contributed by atoms with E-state index in [1.165, 1.54) is 6.07 Å². The number of rotatable bonds is 5. The smallest absolute Gasteiger partial charge is 0.252 e. The second-order valence-electron chi connectivity index (χ2n) is 9.02. The average molecular weight is 471 g/mol. The molecule has 4 aromatic rings. The van der Waals surface area contributed by atoms with Gasteiger partial charge in [0.1, 0.15) is 5.82 Å². The summed E-state index contributed by atoms with van der Waals surface area (Å²) in [4.78, 5) is 21.2. The lowest BCUT2D eigenvalue weighted by Crippen LogP contribution is -2.16. The number of carbonyl (C=O) groups excluding carboxylic acids is 1. The van der Waals surface area contributed by atoms with Crippen LogP contribution in [-0.4, -0.2) is 25.7 Å². The zero-order valence-corrected chi connectivity index (χ0v) is 20.4. The molecule has 0 radical (unpaired) electrons. The summed E-state index contributed by atoms with van der Waals surface area (Å²) in [5.74, 6) is 0.357. The topological polar surface area (TPSA) is 84.7 Å². The molecule has 2 aromatic carbocycles. The van der Waals surface area contributed by atoms with Crippen LogP contribution in [0.1, 0.15) is 52.5 Å². The fourth-order valence-electron chi connectivity index (χ4n) is 4.41. The Morgan fingerprint density at radius 3 is 2.54 bits per heavy atom. The summed E-state index contributed by atoms with van der Waals surface area (Å²) in [6.45, 7) is 10.3. The van der Waals surface area contributed by atoms with Crippen LogP contribution < -0.4 is 10.6 Å². The fourth-order valence-corrected chi connectivity index (χ4v) is 4.41. The second-order valence-corrected chi connectivity index (χ2v) is 9.02. The first-order valence-electron chi connectivity index (χ1n) is 11.7. The first-order chi connectivity index (χ1) is 16.7. The number of amides is 1. The number of aromatic nitrogens is 4. The molecule has 1 unspecified atom stereocenters. The molecule has 1 atom stereocenters. The highest BCUT2D eigenvalue weighted by molar-refractivity contribution is 6.00. The van der Waals surface area contributed by atoms with Gasteiger partial charge in [0.15, 0.2) is 5.82 Å². The van der Waals surface area contributed by atoms with Crippen molar-refractivity contribution < 1.29 is 9.18 Å². The van der Waals surface area contributed by atoms with E-state index in [4.69, 9.17) is 0 Å². The average Bonchev–Trinajstić information content (AvgIpc) is 3.36. The van der Waals surface area contributed by atoms with Crippen molar-refractivity contribution >= 4 is 17.5 Å². The minimum Gasteiger partial charge on any atom is -0.345 e. The van der Waals surface area contributed by atoms with Gasteiger partial charge in [-0.1, -0.05) is 6.07 Å². The summed E-state index contributed by atoms with van der Waals surface area (Å²) in [5, 5.41) is 10.8. The lowest BCUT2D eigenvalue weighted by molar-refractivity contribution is 0.0958. The molecular formula is C27H27FN6O. The van der Waals surface area contributed by atoms with Crippen molar-refractivity contribution in [3.8, 4) is 22.6 Å². The zero-order chi connectivity index (χ0) is 24.9. The van der Waals surface area contributed by atoms with Crippen LogP contribution in [-0.2, 0) is 6.54 Å². The molecule has 0 spiro atoms. The van der Waals surface area contributed by atoms with Crippen LogP contribution in [0.2, 0.25) is 0 Å². The van der Waals surface area contributed by atoms with Crippen molar-refractivity contribution in [3.63, 3.8) is 0 Å². The van der Waals surface area contributed by atoms with Crippen molar-refractivity contribution in [1.82, 2.24) is 25.1 Å². The maximum Gasteiger partial charge on any atom is 0.252 e. The summed E-state index contributed by atoms with van der Waals surface area (Å²) < 4.78 is 17.0. The number of nitrogens with one attached hydrogen (secondary N) is 2. The van der Waals surface area contributed by atoms with Crippen molar-refractivity contribution in [2.75, 3.05) is 5.32 Å². The largest absolute Gasteiger partial charge is 0.345 e. The number of halogens is 1. The molecule has 35 heavy (non-hydrogen) atoms. The summed E-state index contributed by atoms with van der Waals surface area (Å²) in [5.41, 5.74) is 7.12. The Labute approximate surface area is 203 Å². The van der Waals surface area contributed by atoms with E-state index in [-0.39, 0.29) is 11.9 Å². The van der Waals surface area contributed by atoms with Gasteiger partial charge in [-0.05, 0) is 87.2 Å². The number of hydrogen-bond donors (Lipinski definition) is 2. The van der Waals surface area contributed by atoms with Crippen LogP contribution in [0.15, 0.2) is 42.6 Å². The molecule has 0 saturated carbocycles. The minimum absolute atomic E-state index is 0.0585. The number of nitrogens with zero attached hydrogens (tertiary/aromatic N) is 4. The van der Waals surface area contributed by atoms with Gasteiger partial charge in [-0.25, -0.2) is 9.07 Å². The van der Waals surface area contributed by atoms with Gasteiger partial charge in [0.25, 0.3) is 5.91 Å². The summed E-state index contributed by atoms with van der Waals surface area (Å²) in [7, 11) is 0. The number of hydrogen-bond acceptors (Lipinski definition) is 5. The van der Waals surface area contributed by atoms with Crippen LogP contribution in [0.3, 0.4) is 0 Å². The van der Waals surface area contributed by atoms with E-state index in [0.29, 0.717) is 29.4 Å². The Balaban J connectivity index is 1.50. The van der Waals surface area contributed by atoms with E-state index < -0.39 is 5.82 Å². The Hall–Kier alpha value is -4.07. The van der Waals surface area contributed by atoms with Crippen LogP contribution in [0.4, 0.5) is 16.0 Å². The molecule has 0 aliphatic carbocycles. The zero-order valence-electron chi connectivity index (χ0n) is 20.4. The Kier molecular flexibility index (Phi) is 5.59. The normalized spacial score (nSPS) is 14.7. The lowest BCUT2D eigenvalue weighted by Gasteiger charge is -2.12. The van der Waals surface area contributed by atoms with E-state index in [2.05, 4.69) is 25.7 Å². The van der Waals surface area contributed by atoms with Gasteiger partial charge in [-0.15, -0.1) is 5.10 Å². The van der Waals surface area contributed by atoms with Gasteiger partial charge in [0.05, 0.1) is 17.3 Å². The Morgan fingerprint density at radius 2 is 1.83 bits per heavy atom. The number of aryl methyl sites for hydroxylation is 4. The number of pyridine rings is 1. The van der Waals surface area contributed by atoms with E-state index in [0.717, 1.165) is 39.2 Å². The molecular weight excluding hydrogens is 443 g/mol. The summed E-state index contributed by atoms with van der Waals surface area (Å²) >= 11 is 0. The molecule has 7 nitrogen and oxygen atoms in total. The summed E-state index contributed by atoms with van der Waals surface area (Å²) in [6.07, 6.45) is 1.77. The van der Waals surface area contributed by atoms with Gasteiger partial charge in [-0.3, -0.25) is 9.78 Å². The van der Waals surface area contributed by atoms with E-state index >= 15 is 4.39 Å². The van der Waals surface area contributed by atoms with Gasteiger partial charge < -0.3 is 10.6 Å². The van der Waals surface area contributed by atoms with Crippen molar-refractivity contribution in [1.29, 1.82) is 0 Å². The standard InChI is InChI=1S/C27H27FN6O/c1-6-34-27(31-24-12-19-17(5)30-26(35)20(19)10-16(24)4)32-25(33-34)21-9-15(3)18(11-22(21)28)23-8-7-14(2)13-29-23/h7-13,17H,6H2,1-5H3,(H,30,35)(H,31,32,33). The van der Waals surface area contributed by atoms with Gasteiger partial charge in [-0.2, -0.15) is 4.98 Å². The molecule has 1 amide bonds. The highest BCUT2D eigenvalue weighted by atomic mass is 19.1. The lowest BCUT2D eigenvalue weighted by atomic mass is 10.0. The molecule has 0 bridgehead atoms. The molecule has 1 aliphatic rings. The van der Waals surface area contributed by atoms with Gasteiger partial charge >= 0.3 is 0 Å². The maximum atomic E-state index is 15.3. The van der Waals surface area contributed by atoms with Crippen molar-refractivity contribution in [2.24, 2.45) is 0 Å².